The molecule has 1 aromatic carbocycles. The zero-order chi connectivity index (χ0) is 19.3. The summed E-state index contributed by atoms with van der Waals surface area (Å²) in [4.78, 5) is 9.50. The quantitative estimate of drug-likeness (QED) is 0.460. The van der Waals surface area contributed by atoms with Gasteiger partial charge in [-0.1, -0.05) is 42.5 Å². The molecule has 1 saturated heterocycles. The molecule has 5 nitrogen and oxygen atoms in total. The minimum absolute atomic E-state index is 0.0385. The first kappa shape index (κ1) is 19.9. The molecule has 5 heteroatoms. The van der Waals surface area contributed by atoms with Gasteiger partial charge in [0.25, 0.3) is 0 Å². The molecule has 148 valence electrons. The van der Waals surface area contributed by atoms with Crippen molar-refractivity contribution in [3.8, 4) is 0 Å². The highest BCUT2D eigenvalue weighted by Crippen LogP contribution is 2.19. The fourth-order valence-corrected chi connectivity index (χ4v) is 4.12. The third-order valence-corrected chi connectivity index (χ3v) is 5.63. The van der Waals surface area contributed by atoms with Gasteiger partial charge >= 0.3 is 0 Å². The molecule has 2 atom stereocenters. The van der Waals surface area contributed by atoms with Gasteiger partial charge in [-0.05, 0) is 32.8 Å². The van der Waals surface area contributed by atoms with Crippen LogP contribution in [0.15, 0.2) is 47.5 Å². The van der Waals surface area contributed by atoms with E-state index in [-0.39, 0.29) is 5.54 Å². The average Bonchev–Trinajstić information content (AvgIpc) is 3.34. The molecule has 1 aromatic rings. The van der Waals surface area contributed by atoms with Crippen molar-refractivity contribution in [2.75, 3.05) is 39.8 Å². The third kappa shape index (κ3) is 5.33. The third-order valence-electron chi connectivity index (χ3n) is 5.63. The summed E-state index contributed by atoms with van der Waals surface area (Å²) in [5.41, 5.74) is 1.28. The second-order valence-electron chi connectivity index (χ2n) is 8.38. The van der Waals surface area contributed by atoms with Crippen LogP contribution in [0.25, 0.3) is 0 Å². The monoisotopic (exact) mass is 369 g/mol. The van der Waals surface area contributed by atoms with Crippen LogP contribution in [-0.2, 0) is 0 Å². The number of nitrogens with zero attached hydrogens (tertiary/aromatic N) is 3. The van der Waals surface area contributed by atoms with E-state index in [0.717, 1.165) is 38.7 Å². The van der Waals surface area contributed by atoms with E-state index in [1.807, 2.05) is 7.05 Å². The molecule has 2 aliphatic heterocycles. The Bertz CT molecular complexity index is 644. The van der Waals surface area contributed by atoms with Crippen molar-refractivity contribution >= 4 is 5.96 Å². The Morgan fingerprint density at radius 1 is 1.22 bits per heavy atom. The van der Waals surface area contributed by atoms with E-state index in [9.17, 15) is 0 Å². The van der Waals surface area contributed by atoms with Gasteiger partial charge in [0.2, 0.25) is 0 Å². The highest BCUT2D eigenvalue weighted by molar-refractivity contribution is 5.80. The normalized spacial score (nSPS) is 22.4. The molecule has 0 amide bonds. The van der Waals surface area contributed by atoms with Crippen LogP contribution in [0.3, 0.4) is 0 Å². The molecule has 27 heavy (non-hydrogen) atoms. The van der Waals surface area contributed by atoms with Crippen molar-refractivity contribution in [2.24, 2.45) is 4.99 Å². The predicted molar refractivity (Wildman–Crippen MR) is 114 cm³/mol. The van der Waals surface area contributed by atoms with Crippen molar-refractivity contribution in [3.05, 3.63) is 48.0 Å². The van der Waals surface area contributed by atoms with Gasteiger partial charge in [0.05, 0.1) is 0 Å². The smallest absolute Gasteiger partial charge is 0.193 e. The summed E-state index contributed by atoms with van der Waals surface area (Å²) < 4.78 is 0. The molecule has 2 aliphatic rings. The van der Waals surface area contributed by atoms with Crippen molar-refractivity contribution in [1.29, 1.82) is 0 Å². The Morgan fingerprint density at radius 3 is 2.59 bits per heavy atom. The van der Waals surface area contributed by atoms with Gasteiger partial charge in [0.1, 0.15) is 0 Å². The van der Waals surface area contributed by atoms with Crippen LogP contribution in [-0.4, -0.2) is 67.1 Å². The Morgan fingerprint density at radius 2 is 1.93 bits per heavy atom. The lowest BCUT2D eigenvalue weighted by molar-refractivity contribution is 0.258. The van der Waals surface area contributed by atoms with Crippen LogP contribution in [0, 0.1) is 0 Å². The summed E-state index contributed by atoms with van der Waals surface area (Å²) in [6.45, 7) is 11.9. The van der Waals surface area contributed by atoms with Gasteiger partial charge in [-0.2, -0.15) is 0 Å². The number of hydrogen-bond donors (Lipinski definition) is 2. The van der Waals surface area contributed by atoms with Crippen LogP contribution in [0.4, 0.5) is 0 Å². The number of benzene rings is 1. The predicted octanol–water partition coefficient (Wildman–Crippen LogP) is 2.64. The molecule has 2 N–H and O–H groups in total. The standard InChI is InChI=1S/C22H35N5/c1-18(19-10-6-5-7-11-19)25-22(2,3)17-24-21(23-4)27-15-12-20(16-27)26-13-8-9-14-26/h5-11,18,20,25H,12-17H2,1-4H3,(H,23,24). The molecule has 3 rings (SSSR count). The molecular weight excluding hydrogens is 334 g/mol. The molecule has 0 aliphatic carbocycles. The Hall–Kier alpha value is -1.85. The molecule has 0 bridgehead atoms. The minimum Gasteiger partial charge on any atom is -0.354 e. The van der Waals surface area contributed by atoms with Gasteiger partial charge in [0.15, 0.2) is 5.96 Å². The maximum Gasteiger partial charge on any atom is 0.193 e. The molecule has 0 saturated carbocycles. The first-order valence-corrected chi connectivity index (χ1v) is 10.2. The summed E-state index contributed by atoms with van der Waals surface area (Å²) in [5, 5.41) is 7.34. The molecule has 0 radical (unpaired) electrons. The van der Waals surface area contributed by atoms with Gasteiger partial charge < -0.3 is 15.5 Å². The van der Waals surface area contributed by atoms with E-state index in [2.05, 4.69) is 88.7 Å². The lowest BCUT2D eigenvalue weighted by atomic mass is 10.0. The Kier molecular flexibility index (Phi) is 6.55. The van der Waals surface area contributed by atoms with Gasteiger partial charge in [-0.15, -0.1) is 0 Å². The topological polar surface area (TPSA) is 42.9 Å². The van der Waals surface area contributed by atoms with Gasteiger partial charge in [-0.3, -0.25) is 9.89 Å². The van der Waals surface area contributed by atoms with Crippen LogP contribution in [0.2, 0.25) is 0 Å². The summed E-state index contributed by atoms with van der Waals surface area (Å²) in [5.74, 6) is 1.02. The second kappa shape index (κ2) is 8.89. The lowest BCUT2D eigenvalue weighted by Gasteiger charge is -2.33. The van der Waals surface area contributed by atoms with Crippen LogP contribution < -0.4 is 10.6 Å². The average molecular weight is 370 g/mol. The maximum atomic E-state index is 4.54. The first-order valence-electron chi connectivity index (χ1n) is 10.2. The van der Waals surface area contributed by atoms with Crippen LogP contribution in [0.5, 0.6) is 0 Å². The highest BCUT2D eigenvalue weighted by Gasteiger charge is 2.30. The number of aliphatic imine (C=N–C) groups is 1. The molecule has 2 unspecified atom stereocenters. The molecule has 0 spiro atoms. The van der Waals surface area contributed by atoms with Crippen molar-refractivity contribution in [1.82, 2.24) is 20.4 Å². The summed E-state index contributed by atoms with van der Waals surface area (Å²) >= 11 is 0. The fraction of sp³-hybridized carbons (Fsp3) is 0.591. The summed E-state index contributed by atoms with van der Waals surface area (Å²) in [6, 6.07) is 11.6. The summed E-state index contributed by atoms with van der Waals surface area (Å²) in [7, 11) is 1.89. The first-order chi connectivity index (χ1) is 13.0. The van der Waals surface area contributed by atoms with E-state index in [1.54, 1.807) is 0 Å². The summed E-state index contributed by atoms with van der Waals surface area (Å²) in [6.07, 6.45) is 5.77. The van der Waals surface area contributed by atoms with Gasteiger partial charge in [0, 0.05) is 57.4 Å². The lowest BCUT2D eigenvalue weighted by Crippen LogP contribution is -2.52. The van der Waals surface area contributed by atoms with E-state index in [1.165, 1.54) is 12.0 Å². The molecule has 2 heterocycles. The number of guanidine groups is 1. The zero-order valence-corrected chi connectivity index (χ0v) is 17.3. The maximum absolute atomic E-state index is 4.54. The van der Waals surface area contributed by atoms with Gasteiger partial charge in [-0.25, -0.2) is 0 Å². The van der Waals surface area contributed by atoms with Crippen molar-refractivity contribution in [2.45, 2.75) is 44.8 Å². The van der Waals surface area contributed by atoms with Crippen LogP contribution >= 0.6 is 0 Å². The van der Waals surface area contributed by atoms with E-state index < -0.39 is 0 Å². The minimum atomic E-state index is -0.0385. The number of likely N-dealkylation sites (tertiary alicyclic amines) is 1. The number of nitrogens with one attached hydrogen (secondary N) is 2. The Labute approximate surface area is 164 Å². The van der Waals surface area contributed by atoms with E-state index in [0.29, 0.717) is 12.1 Å². The molecule has 0 aromatic heterocycles. The fourth-order valence-electron chi connectivity index (χ4n) is 4.12. The highest BCUT2D eigenvalue weighted by atomic mass is 15.3. The van der Waals surface area contributed by atoms with Crippen LogP contribution in [0.1, 0.15) is 38.8 Å². The number of rotatable bonds is 6. The SMILES string of the molecule is CN=C(NCC(C)(C)NC(C)c1ccccc1)N1CCC(N2CC=CC2)C1. The largest absolute Gasteiger partial charge is 0.354 e. The molecular formula is C22H35N5. The molecule has 1 fully saturated rings. The Balaban J connectivity index is 1.49. The van der Waals surface area contributed by atoms with E-state index >= 15 is 0 Å². The second-order valence-corrected chi connectivity index (χ2v) is 8.38. The van der Waals surface area contributed by atoms with Crippen molar-refractivity contribution in [3.63, 3.8) is 0 Å². The number of hydrogen-bond acceptors (Lipinski definition) is 3. The van der Waals surface area contributed by atoms with E-state index in [4.69, 9.17) is 0 Å². The van der Waals surface area contributed by atoms with Crippen molar-refractivity contribution < 1.29 is 0 Å². The zero-order valence-electron chi connectivity index (χ0n) is 17.3.